The van der Waals surface area contributed by atoms with Crippen LogP contribution in [0.5, 0.6) is 0 Å². The Labute approximate surface area is 159 Å². The van der Waals surface area contributed by atoms with Crippen molar-refractivity contribution in [1.82, 2.24) is 4.90 Å². The lowest BCUT2D eigenvalue weighted by Gasteiger charge is -2.28. The van der Waals surface area contributed by atoms with Crippen molar-refractivity contribution in [3.05, 3.63) is 69.2 Å². The quantitative estimate of drug-likeness (QED) is 0.456. The molecule has 2 amide bonds. The summed E-state index contributed by atoms with van der Waals surface area (Å²) in [6.45, 7) is 0. The molecule has 0 aromatic heterocycles. The molecule has 0 aliphatic carbocycles. The molecule has 0 N–H and O–H groups in total. The van der Waals surface area contributed by atoms with E-state index in [4.69, 9.17) is 16.4 Å². The van der Waals surface area contributed by atoms with E-state index in [-0.39, 0.29) is 11.6 Å². The summed E-state index contributed by atoms with van der Waals surface area (Å²) in [6, 6.07) is 12.1. The van der Waals surface area contributed by atoms with Crippen LogP contribution in [-0.2, 0) is 14.4 Å². The molecule has 0 bridgehead atoms. The van der Waals surface area contributed by atoms with Crippen LogP contribution in [0.25, 0.3) is 0 Å². The van der Waals surface area contributed by atoms with Gasteiger partial charge in [0.15, 0.2) is 6.10 Å². The number of carbonyl (C=O) groups excluding carboxylic acids is 2. The molecule has 2 heterocycles. The normalized spacial score (nSPS) is 24.4. The first kappa shape index (κ1) is 17.4. The van der Waals surface area contributed by atoms with Gasteiger partial charge in [0.1, 0.15) is 5.92 Å². The van der Waals surface area contributed by atoms with Gasteiger partial charge in [0.2, 0.25) is 5.91 Å². The molecule has 0 radical (unpaired) electrons. The zero-order valence-corrected chi connectivity index (χ0v) is 14.9. The number of hydrogen-bond donors (Lipinski definition) is 0. The van der Waals surface area contributed by atoms with Crippen LogP contribution in [0.2, 0.25) is 5.02 Å². The minimum absolute atomic E-state index is 0.0572. The average molecular weight is 388 g/mol. The Hall–Kier alpha value is -2.97. The third-order valence-corrected chi connectivity index (χ3v) is 5.11. The first-order valence-corrected chi connectivity index (χ1v) is 8.53. The molecule has 4 rings (SSSR count). The van der Waals surface area contributed by atoms with E-state index < -0.39 is 28.9 Å². The van der Waals surface area contributed by atoms with Crippen molar-refractivity contribution in [2.45, 2.75) is 12.1 Å². The summed E-state index contributed by atoms with van der Waals surface area (Å²) < 4.78 is 0. The number of non-ortho nitro benzene ring substituents is 1. The third kappa shape index (κ3) is 2.73. The molecule has 3 atom stereocenters. The third-order valence-electron chi connectivity index (χ3n) is 4.86. The van der Waals surface area contributed by atoms with Gasteiger partial charge in [0.25, 0.3) is 11.6 Å². The van der Waals surface area contributed by atoms with Crippen LogP contribution in [0.3, 0.4) is 0 Å². The van der Waals surface area contributed by atoms with Gasteiger partial charge in [-0.3, -0.25) is 29.4 Å². The number of nitro benzene ring substituents is 1. The highest BCUT2D eigenvalue weighted by Gasteiger charge is 2.58. The Kier molecular flexibility index (Phi) is 4.09. The minimum Gasteiger partial charge on any atom is -0.283 e. The highest BCUT2D eigenvalue weighted by Crippen LogP contribution is 2.46. The van der Waals surface area contributed by atoms with E-state index in [0.717, 1.165) is 4.90 Å². The number of carbonyl (C=O) groups is 2. The van der Waals surface area contributed by atoms with Crippen molar-refractivity contribution in [2.24, 2.45) is 5.92 Å². The van der Waals surface area contributed by atoms with Crippen molar-refractivity contribution < 1.29 is 19.3 Å². The Morgan fingerprint density at radius 1 is 1.04 bits per heavy atom. The average Bonchev–Trinajstić information content (AvgIpc) is 3.15. The minimum atomic E-state index is -0.932. The molecule has 2 saturated heterocycles. The fourth-order valence-electron chi connectivity index (χ4n) is 3.50. The lowest BCUT2D eigenvalue weighted by Crippen LogP contribution is -2.34. The topological polar surface area (TPSA) is 93.0 Å². The van der Waals surface area contributed by atoms with Gasteiger partial charge in [0.05, 0.1) is 16.7 Å². The summed E-state index contributed by atoms with van der Waals surface area (Å²) in [5.41, 5.74) is 1.21. The van der Waals surface area contributed by atoms with Gasteiger partial charge >= 0.3 is 0 Å². The van der Waals surface area contributed by atoms with Crippen molar-refractivity contribution in [3.63, 3.8) is 0 Å². The van der Waals surface area contributed by atoms with Crippen molar-refractivity contribution in [3.8, 4) is 0 Å². The van der Waals surface area contributed by atoms with Gasteiger partial charge in [-0.2, -0.15) is 0 Å². The summed E-state index contributed by atoms with van der Waals surface area (Å²) in [7, 11) is 1.42. The number of halogens is 1. The SMILES string of the molecule is CN1C(=O)[C@H]2[C@H](ON(c3ccc(Cl)cc3)[C@@H]2c2ccc([N+](=O)[O-])cc2)C1=O. The van der Waals surface area contributed by atoms with E-state index in [2.05, 4.69) is 0 Å². The fraction of sp³-hybridized carbons (Fsp3) is 0.222. The van der Waals surface area contributed by atoms with Crippen LogP contribution in [0.1, 0.15) is 11.6 Å². The maximum atomic E-state index is 12.7. The van der Waals surface area contributed by atoms with Gasteiger partial charge in [-0.1, -0.05) is 23.7 Å². The second-order valence-electron chi connectivity index (χ2n) is 6.38. The molecule has 0 spiro atoms. The maximum absolute atomic E-state index is 12.7. The second-order valence-corrected chi connectivity index (χ2v) is 6.82. The van der Waals surface area contributed by atoms with E-state index in [9.17, 15) is 19.7 Å². The van der Waals surface area contributed by atoms with Crippen LogP contribution in [0.15, 0.2) is 48.5 Å². The Balaban J connectivity index is 1.79. The highest BCUT2D eigenvalue weighted by atomic mass is 35.5. The zero-order chi connectivity index (χ0) is 19.3. The number of rotatable bonds is 3. The second kappa shape index (κ2) is 6.33. The molecule has 8 nitrogen and oxygen atoms in total. The summed E-state index contributed by atoms with van der Waals surface area (Å²) in [4.78, 5) is 42.4. The standard InChI is InChI=1S/C18H14ClN3O5/c1-20-17(23)14-15(10-2-6-13(7-3-10)22(25)26)21(27-16(14)18(20)24)12-8-4-11(19)5-9-12/h2-9,14-16H,1H3/t14-,15-,16+/m1/s1. The lowest BCUT2D eigenvalue weighted by atomic mass is 9.90. The van der Waals surface area contributed by atoms with E-state index in [1.165, 1.54) is 24.2 Å². The van der Waals surface area contributed by atoms with E-state index in [1.54, 1.807) is 36.4 Å². The first-order valence-electron chi connectivity index (χ1n) is 8.16. The Morgan fingerprint density at radius 2 is 1.67 bits per heavy atom. The maximum Gasteiger partial charge on any atom is 0.269 e. The number of anilines is 1. The molecule has 9 heteroatoms. The molecule has 2 fully saturated rings. The molecule has 138 valence electrons. The largest absolute Gasteiger partial charge is 0.283 e. The summed E-state index contributed by atoms with van der Waals surface area (Å²) in [6.07, 6.45) is -0.932. The van der Waals surface area contributed by atoms with E-state index in [0.29, 0.717) is 16.3 Å². The van der Waals surface area contributed by atoms with Gasteiger partial charge < -0.3 is 0 Å². The molecule has 2 aliphatic rings. The summed E-state index contributed by atoms with van der Waals surface area (Å²) in [5, 5.41) is 13.0. The number of benzene rings is 2. The smallest absolute Gasteiger partial charge is 0.269 e. The number of nitrogens with zero attached hydrogens (tertiary/aromatic N) is 3. The molecule has 2 aromatic carbocycles. The molecule has 2 aromatic rings. The van der Waals surface area contributed by atoms with E-state index in [1.807, 2.05) is 0 Å². The molecule has 0 saturated carbocycles. The van der Waals surface area contributed by atoms with Crippen LogP contribution in [0, 0.1) is 16.0 Å². The van der Waals surface area contributed by atoms with Crippen molar-refractivity contribution in [2.75, 3.05) is 12.1 Å². The molecule has 0 unspecified atom stereocenters. The van der Waals surface area contributed by atoms with Crippen molar-refractivity contribution >= 4 is 34.8 Å². The number of likely N-dealkylation sites (N-methyl/N-ethyl adjacent to an activating group) is 1. The van der Waals surface area contributed by atoms with Gasteiger partial charge in [-0.15, -0.1) is 0 Å². The van der Waals surface area contributed by atoms with Gasteiger partial charge in [-0.25, -0.2) is 5.06 Å². The Bertz CT molecular complexity index is 931. The van der Waals surface area contributed by atoms with E-state index >= 15 is 0 Å². The number of fused-ring (bicyclic) bond motifs is 1. The summed E-state index contributed by atoms with van der Waals surface area (Å²) >= 11 is 5.94. The van der Waals surface area contributed by atoms with Crippen LogP contribution >= 0.6 is 11.6 Å². The zero-order valence-electron chi connectivity index (χ0n) is 14.1. The van der Waals surface area contributed by atoms with Crippen LogP contribution < -0.4 is 5.06 Å². The van der Waals surface area contributed by atoms with Gasteiger partial charge in [0, 0.05) is 24.2 Å². The molecular formula is C18H14ClN3O5. The number of hydroxylamine groups is 1. The predicted octanol–water partition coefficient (Wildman–Crippen LogP) is 2.72. The van der Waals surface area contributed by atoms with Crippen LogP contribution in [0.4, 0.5) is 11.4 Å². The number of likely N-dealkylation sites (tertiary alicyclic amines) is 1. The summed E-state index contributed by atoms with van der Waals surface area (Å²) in [5.74, 6) is -1.49. The molecular weight excluding hydrogens is 374 g/mol. The Morgan fingerprint density at radius 3 is 2.26 bits per heavy atom. The number of imide groups is 1. The lowest BCUT2D eigenvalue weighted by molar-refractivity contribution is -0.384. The first-order chi connectivity index (χ1) is 12.9. The van der Waals surface area contributed by atoms with Crippen LogP contribution in [-0.4, -0.2) is 34.8 Å². The number of hydrogen-bond acceptors (Lipinski definition) is 6. The number of amides is 2. The highest BCUT2D eigenvalue weighted by molar-refractivity contribution is 6.30. The molecule has 2 aliphatic heterocycles. The van der Waals surface area contributed by atoms with Crippen molar-refractivity contribution in [1.29, 1.82) is 0 Å². The predicted molar refractivity (Wildman–Crippen MR) is 95.9 cm³/mol. The monoisotopic (exact) mass is 387 g/mol. The molecule has 27 heavy (non-hydrogen) atoms. The van der Waals surface area contributed by atoms with Gasteiger partial charge in [-0.05, 0) is 29.8 Å². The fourth-order valence-corrected chi connectivity index (χ4v) is 3.62. The number of nitro groups is 1.